The summed E-state index contributed by atoms with van der Waals surface area (Å²) in [5, 5.41) is 0. The van der Waals surface area contributed by atoms with Gasteiger partial charge in [0.1, 0.15) is 0 Å². The largest absolute Gasteiger partial charge is 0.468 e. The molecule has 1 fully saturated rings. The van der Waals surface area contributed by atoms with Crippen molar-refractivity contribution in [1.82, 2.24) is 4.72 Å². The molecule has 1 saturated carbocycles. The van der Waals surface area contributed by atoms with Crippen LogP contribution in [-0.2, 0) is 25.0 Å². The molecule has 0 amide bonds. The Balaban J connectivity index is 2.22. The van der Waals surface area contributed by atoms with Gasteiger partial charge in [0.25, 0.3) is 0 Å². The minimum absolute atomic E-state index is 0.159. The summed E-state index contributed by atoms with van der Waals surface area (Å²) < 4.78 is 31.5. The van der Waals surface area contributed by atoms with Crippen LogP contribution < -0.4 is 10.5 Å². The Hall–Kier alpha value is -1.44. The predicted molar refractivity (Wildman–Crippen MR) is 78.2 cm³/mol. The molecule has 0 spiro atoms. The molecule has 0 unspecified atom stereocenters. The summed E-state index contributed by atoms with van der Waals surface area (Å²) >= 11 is 0. The third-order valence-corrected chi connectivity index (χ3v) is 5.36. The van der Waals surface area contributed by atoms with Crippen molar-refractivity contribution in [3.8, 4) is 0 Å². The third kappa shape index (κ3) is 3.09. The number of esters is 1. The highest BCUT2D eigenvalue weighted by Gasteiger charge is 2.52. The van der Waals surface area contributed by atoms with E-state index in [0.717, 1.165) is 18.4 Å². The van der Waals surface area contributed by atoms with E-state index in [1.165, 1.54) is 19.2 Å². The van der Waals surface area contributed by atoms with Gasteiger partial charge >= 0.3 is 5.97 Å². The summed E-state index contributed by atoms with van der Waals surface area (Å²) in [6, 6.07) is 6.02. The molecule has 1 aromatic rings. The van der Waals surface area contributed by atoms with Crippen molar-refractivity contribution in [2.45, 2.75) is 36.1 Å². The monoisotopic (exact) mass is 312 g/mol. The maximum atomic E-state index is 12.1. The maximum absolute atomic E-state index is 12.1. The van der Waals surface area contributed by atoms with Gasteiger partial charge in [-0.1, -0.05) is 12.1 Å². The number of rotatable bonds is 6. The third-order valence-electron chi connectivity index (χ3n) is 3.75. The van der Waals surface area contributed by atoms with E-state index in [1.807, 2.05) is 0 Å². The standard InChI is InChI=1S/C14H20N2O4S/c1-10(9-15)16-21(18,19)12-5-3-11(4-6-12)14(7-8-14)13(17)20-2/h3-6,10,16H,7-9,15H2,1-2H3/t10-/m0/s1. The van der Waals surface area contributed by atoms with E-state index in [2.05, 4.69) is 4.72 Å². The van der Waals surface area contributed by atoms with Gasteiger partial charge in [-0.25, -0.2) is 13.1 Å². The Morgan fingerprint density at radius 3 is 2.38 bits per heavy atom. The zero-order valence-corrected chi connectivity index (χ0v) is 12.9. The van der Waals surface area contributed by atoms with Gasteiger partial charge in [0.2, 0.25) is 10.0 Å². The van der Waals surface area contributed by atoms with Crippen molar-refractivity contribution in [2.24, 2.45) is 5.73 Å². The number of nitrogens with one attached hydrogen (secondary N) is 1. The van der Waals surface area contributed by atoms with Gasteiger partial charge in [0.15, 0.2) is 0 Å². The van der Waals surface area contributed by atoms with Crippen molar-refractivity contribution in [3.05, 3.63) is 29.8 Å². The van der Waals surface area contributed by atoms with Gasteiger partial charge in [0.05, 0.1) is 17.4 Å². The molecule has 6 nitrogen and oxygen atoms in total. The van der Waals surface area contributed by atoms with E-state index < -0.39 is 15.4 Å². The van der Waals surface area contributed by atoms with Gasteiger partial charge in [-0.05, 0) is 37.5 Å². The molecule has 1 aromatic carbocycles. The molecule has 21 heavy (non-hydrogen) atoms. The van der Waals surface area contributed by atoms with Gasteiger partial charge in [-0.3, -0.25) is 4.79 Å². The summed E-state index contributed by atoms with van der Waals surface area (Å²) in [7, 11) is -2.22. The average Bonchev–Trinajstić information content (AvgIpc) is 3.27. The van der Waals surface area contributed by atoms with Crippen LogP contribution in [0.2, 0.25) is 0 Å². The number of hydrogen-bond donors (Lipinski definition) is 2. The number of sulfonamides is 1. The molecule has 0 bridgehead atoms. The van der Waals surface area contributed by atoms with Crippen molar-refractivity contribution >= 4 is 16.0 Å². The average molecular weight is 312 g/mol. The van der Waals surface area contributed by atoms with Gasteiger partial charge in [-0.15, -0.1) is 0 Å². The molecule has 1 aliphatic rings. The summed E-state index contributed by atoms with van der Waals surface area (Å²) in [4.78, 5) is 12.0. The first-order chi connectivity index (χ1) is 9.85. The number of carbonyl (C=O) groups is 1. The van der Waals surface area contributed by atoms with Crippen LogP contribution in [0.4, 0.5) is 0 Å². The first-order valence-corrected chi connectivity index (χ1v) is 8.25. The minimum Gasteiger partial charge on any atom is -0.468 e. The number of benzene rings is 1. The molecule has 0 aromatic heterocycles. The van der Waals surface area contributed by atoms with Gasteiger partial charge < -0.3 is 10.5 Å². The van der Waals surface area contributed by atoms with E-state index in [4.69, 9.17) is 10.5 Å². The summed E-state index contributed by atoms with van der Waals surface area (Å²) in [5.74, 6) is -0.270. The van der Waals surface area contributed by atoms with E-state index in [1.54, 1.807) is 19.1 Å². The quantitative estimate of drug-likeness (QED) is 0.746. The number of nitrogens with two attached hydrogens (primary N) is 1. The van der Waals surface area contributed by atoms with Crippen LogP contribution in [0.15, 0.2) is 29.2 Å². The SMILES string of the molecule is COC(=O)C1(c2ccc(S(=O)(=O)N[C@@H](C)CN)cc2)CC1. The van der Waals surface area contributed by atoms with E-state index in [0.29, 0.717) is 0 Å². The Morgan fingerprint density at radius 1 is 1.38 bits per heavy atom. The first-order valence-electron chi connectivity index (χ1n) is 6.77. The lowest BCUT2D eigenvalue weighted by Crippen LogP contribution is -2.37. The Kier molecular flexibility index (Phi) is 4.36. The molecule has 7 heteroatoms. The summed E-state index contributed by atoms with van der Waals surface area (Å²) in [6.07, 6.45) is 1.46. The Bertz CT molecular complexity index is 621. The lowest BCUT2D eigenvalue weighted by molar-refractivity contribution is -0.143. The molecular formula is C14H20N2O4S. The number of ether oxygens (including phenoxy) is 1. The smallest absolute Gasteiger partial charge is 0.316 e. The Morgan fingerprint density at radius 2 is 1.95 bits per heavy atom. The van der Waals surface area contributed by atoms with Crippen molar-refractivity contribution in [1.29, 1.82) is 0 Å². The number of carbonyl (C=O) groups excluding carboxylic acids is 1. The van der Waals surface area contributed by atoms with Crippen LogP contribution in [-0.4, -0.2) is 34.1 Å². The van der Waals surface area contributed by atoms with Crippen LogP contribution >= 0.6 is 0 Å². The molecular weight excluding hydrogens is 292 g/mol. The number of hydrogen-bond acceptors (Lipinski definition) is 5. The second-order valence-electron chi connectivity index (χ2n) is 5.36. The van der Waals surface area contributed by atoms with Gasteiger partial charge in [0, 0.05) is 12.6 Å². The zero-order valence-electron chi connectivity index (χ0n) is 12.1. The fraction of sp³-hybridized carbons (Fsp3) is 0.500. The lowest BCUT2D eigenvalue weighted by Gasteiger charge is -2.15. The van der Waals surface area contributed by atoms with Crippen LogP contribution in [0.25, 0.3) is 0 Å². The highest BCUT2D eigenvalue weighted by atomic mass is 32.2. The fourth-order valence-corrected chi connectivity index (χ4v) is 3.52. The second kappa shape index (κ2) is 5.75. The molecule has 0 heterocycles. The van der Waals surface area contributed by atoms with E-state index in [9.17, 15) is 13.2 Å². The molecule has 0 saturated heterocycles. The van der Waals surface area contributed by atoms with Crippen molar-refractivity contribution in [3.63, 3.8) is 0 Å². The summed E-state index contributed by atoms with van der Waals surface area (Å²) in [6.45, 7) is 1.92. The lowest BCUT2D eigenvalue weighted by atomic mass is 9.96. The minimum atomic E-state index is -3.59. The van der Waals surface area contributed by atoms with E-state index >= 15 is 0 Å². The molecule has 116 valence electrons. The summed E-state index contributed by atoms with van der Waals surface area (Å²) in [5.41, 5.74) is 5.62. The Labute approximate surface area is 124 Å². The molecule has 1 atom stereocenters. The second-order valence-corrected chi connectivity index (χ2v) is 7.07. The van der Waals surface area contributed by atoms with Crippen LogP contribution in [0.5, 0.6) is 0 Å². The predicted octanol–water partition coefficient (Wildman–Crippen LogP) is 0.517. The fourth-order valence-electron chi connectivity index (χ4n) is 2.27. The van der Waals surface area contributed by atoms with Crippen molar-refractivity contribution < 1.29 is 17.9 Å². The highest BCUT2D eigenvalue weighted by Crippen LogP contribution is 2.49. The molecule has 1 aliphatic carbocycles. The van der Waals surface area contributed by atoms with Crippen LogP contribution in [0.1, 0.15) is 25.3 Å². The van der Waals surface area contributed by atoms with Crippen LogP contribution in [0, 0.1) is 0 Å². The molecule has 2 rings (SSSR count). The van der Waals surface area contributed by atoms with Crippen molar-refractivity contribution in [2.75, 3.05) is 13.7 Å². The highest BCUT2D eigenvalue weighted by molar-refractivity contribution is 7.89. The molecule has 0 aliphatic heterocycles. The zero-order chi connectivity index (χ0) is 15.7. The first kappa shape index (κ1) is 15.9. The van der Waals surface area contributed by atoms with Gasteiger partial charge in [-0.2, -0.15) is 0 Å². The normalized spacial score (nSPS) is 18.0. The van der Waals surface area contributed by atoms with Crippen LogP contribution in [0.3, 0.4) is 0 Å². The molecule has 3 N–H and O–H groups in total. The molecule has 0 radical (unpaired) electrons. The number of methoxy groups -OCH3 is 1. The van der Waals surface area contributed by atoms with E-state index in [-0.39, 0.29) is 23.5 Å². The maximum Gasteiger partial charge on any atom is 0.316 e. The topological polar surface area (TPSA) is 98.5 Å².